The highest BCUT2D eigenvalue weighted by atomic mass is 32.2. The van der Waals surface area contributed by atoms with Gasteiger partial charge in [-0.3, -0.25) is 9.48 Å². The lowest BCUT2D eigenvalue weighted by Gasteiger charge is -2.38. The predicted molar refractivity (Wildman–Crippen MR) is 76.2 cm³/mol. The third kappa shape index (κ3) is 3.82. The normalized spacial score (nSPS) is 22.1. The highest BCUT2D eigenvalue weighted by molar-refractivity contribution is 7.89. The molecule has 118 valence electrons. The molecule has 0 bridgehead atoms. The van der Waals surface area contributed by atoms with E-state index < -0.39 is 16.0 Å². The van der Waals surface area contributed by atoms with E-state index in [0.717, 1.165) is 30.4 Å². The summed E-state index contributed by atoms with van der Waals surface area (Å²) < 4.78 is 28.6. The lowest BCUT2D eigenvalue weighted by Crippen LogP contribution is -2.46. The van der Waals surface area contributed by atoms with Crippen molar-refractivity contribution in [3.8, 4) is 0 Å². The lowest BCUT2D eigenvalue weighted by atomic mass is 9.74. The first-order chi connectivity index (χ1) is 9.71. The van der Waals surface area contributed by atoms with Gasteiger partial charge in [-0.15, -0.1) is 0 Å². The first-order valence-corrected chi connectivity index (χ1v) is 8.46. The summed E-state index contributed by atoms with van der Waals surface area (Å²) in [5.41, 5.74) is -0.0810. The van der Waals surface area contributed by atoms with Crippen LogP contribution in [0.1, 0.15) is 39.5 Å². The van der Waals surface area contributed by atoms with Gasteiger partial charge in [0.1, 0.15) is 11.4 Å². The van der Waals surface area contributed by atoms with Crippen LogP contribution in [0.25, 0.3) is 0 Å². The largest absolute Gasteiger partial charge is 0.480 e. The minimum absolute atomic E-state index is 0.00474. The molecule has 0 aliphatic heterocycles. The minimum atomic E-state index is -3.67. The first-order valence-electron chi connectivity index (χ1n) is 6.97. The molecule has 1 unspecified atom stereocenters. The average molecular weight is 315 g/mol. The standard InChI is InChI=1S/C13H21N3O4S/c1-13(2)6-4-3-5-11(13)15-21(19,20)10-7-14-16(8-10)9-12(17)18/h7-8,11,15H,3-6,9H2,1-2H3,(H,17,18). The smallest absolute Gasteiger partial charge is 0.325 e. The van der Waals surface area contributed by atoms with Gasteiger partial charge in [0, 0.05) is 12.2 Å². The number of nitrogens with one attached hydrogen (secondary N) is 1. The molecule has 0 amide bonds. The summed E-state index contributed by atoms with van der Waals surface area (Å²) in [5, 5.41) is 12.5. The number of hydrogen-bond acceptors (Lipinski definition) is 4. The monoisotopic (exact) mass is 315 g/mol. The molecular weight excluding hydrogens is 294 g/mol. The quantitative estimate of drug-likeness (QED) is 0.850. The van der Waals surface area contributed by atoms with Crippen molar-refractivity contribution in [1.29, 1.82) is 0 Å². The zero-order valence-electron chi connectivity index (χ0n) is 12.2. The molecule has 1 aromatic heterocycles. The van der Waals surface area contributed by atoms with E-state index in [1.165, 1.54) is 12.4 Å². The molecule has 1 heterocycles. The Morgan fingerprint density at radius 1 is 1.52 bits per heavy atom. The number of aromatic nitrogens is 2. The Kier molecular flexibility index (Phi) is 4.38. The van der Waals surface area contributed by atoms with Crippen LogP contribution in [0.3, 0.4) is 0 Å². The van der Waals surface area contributed by atoms with E-state index in [-0.39, 0.29) is 22.9 Å². The molecule has 21 heavy (non-hydrogen) atoms. The summed E-state index contributed by atoms with van der Waals surface area (Å²) in [6.07, 6.45) is 6.35. The van der Waals surface area contributed by atoms with Gasteiger partial charge in [0.25, 0.3) is 0 Å². The summed E-state index contributed by atoms with van der Waals surface area (Å²) in [5.74, 6) is -1.07. The highest BCUT2D eigenvalue weighted by Crippen LogP contribution is 2.36. The Balaban J connectivity index is 2.14. The molecule has 1 fully saturated rings. The van der Waals surface area contributed by atoms with Gasteiger partial charge in [-0.2, -0.15) is 5.10 Å². The van der Waals surface area contributed by atoms with E-state index in [1.807, 2.05) is 0 Å². The maximum absolute atomic E-state index is 12.4. The molecule has 0 aromatic carbocycles. The third-order valence-corrected chi connectivity index (χ3v) is 5.45. The van der Waals surface area contributed by atoms with Gasteiger partial charge in [-0.05, 0) is 18.3 Å². The van der Waals surface area contributed by atoms with Crippen molar-refractivity contribution in [2.24, 2.45) is 5.41 Å². The van der Waals surface area contributed by atoms with Gasteiger partial charge >= 0.3 is 5.97 Å². The van der Waals surface area contributed by atoms with E-state index >= 15 is 0 Å². The van der Waals surface area contributed by atoms with Crippen LogP contribution in [0, 0.1) is 5.41 Å². The summed E-state index contributed by atoms with van der Waals surface area (Å²) in [6.45, 7) is 3.77. The summed E-state index contributed by atoms with van der Waals surface area (Å²) >= 11 is 0. The van der Waals surface area contributed by atoms with E-state index in [1.54, 1.807) is 0 Å². The van der Waals surface area contributed by atoms with Crippen molar-refractivity contribution in [3.05, 3.63) is 12.4 Å². The Labute approximate surface area is 124 Å². The SMILES string of the molecule is CC1(C)CCCCC1NS(=O)(=O)c1cnn(CC(=O)O)c1. The van der Waals surface area contributed by atoms with Crippen LogP contribution in [0.4, 0.5) is 0 Å². The van der Waals surface area contributed by atoms with Crippen LogP contribution in [0.15, 0.2) is 17.3 Å². The Morgan fingerprint density at radius 3 is 2.86 bits per heavy atom. The van der Waals surface area contributed by atoms with Crippen molar-refractivity contribution < 1.29 is 18.3 Å². The predicted octanol–water partition coefficient (Wildman–Crippen LogP) is 1.21. The number of carboxylic acids is 1. The first kappa shape index (κ1) is 16.0. The summed E-state index contributed by atoms with van der Waals surface area (Å²) in [4.78, 5) is 10.6. The Bertz CT molecular complexity index is 621. The molecule has 8 heteroatoms. The second kappa shape index (κ2) is 5.76. The van der Waals surface area contributed by atoms with Crippen LogP contribution in [0.5, 0.6) is 0 Å². The minimum Gasteiger partial charge on any atom is -0.480 e. The second-order valence-electron chi connectivity index (χ2n) is 6.18. The van der Waals surface area contributed by atoms with Gasteiger partial charge in [0.2, 0.25) is 10.0 Å². The van der Waals surface area contributed by atoms with Crippen LogP contribution < -0.4 is 4.72 Å². The number of carbonyl (C=O) groups is 1. The van der Waals surface area contributed by atoms with Crippen LogP contribution in [-0.4, -0.2) is 35.3 Å². The third-order valence-electron chi connectivity index (χ3n) is 4.02. The van der Waals surface area contributed by atoms with E-state index in [9.17, 15) is 13.2 Å². The van der Waals surface area contributed by atoms with Gasteiger partial charge in [0.15, 0.2) is 0 Å². The van der Waals surface area contributed by atoms with Crippen molar-refractivity contribution >= 4 is 16.0 Å². The molecule has 1 aliphatic carbocycles. The summed E-state index contributed by atoms with van der Waals surface area (Å²) in [6, 6.07) is -0.112. The number of rotatable bonds is 5. The maximum Gasteiger partial charge on any atom is 0.325 e. The Hall–Kier alpha value is -1.41. The molecule has 1 saturated carbocycles. The molecule has 1 aliphatic rings. The molecule has 0 saturated heterocycles. The topological polar surface area (TPSA) is 101 Å². The van der Waals surface area contributed by atoms with Gasteiger partial charge in [0.05, 0.1) is 6.20 Å². The fraction of sp³-hybridized carbons (Fsp3) is 0.692. The average Bonchev–Trinajstić information content (AvgIpc) is 2.80. The lowest BCUT2D eigenvalue weighted by molar-refractivity contribution is -0.137. The number of carboxylic acid groups (broad SMARTS) is 1. The fourth-order valence-corrected chi connectivity index (χ4v) is 4.07. The van der Waals surface area contributed by atoms with E-state index in [0.29, 0.717) is 0 Å². The van der Waals surface area contributed by atoms with E-state index in [2.05, 4.69) is 23.7 Å². The maximum atomic E-state index is 12.4. The van der Waals surface area contributed by atoms with Crippen LogP contribution in [0.2, 0.25) is 0 Å². The highest BCUT2D eigenvalue weighted by Gasteiger charge is 2.35. The van der Waals surface area contributed by atoms with Crippen molar-refractivity contribution in [1.82, 2.24) is 14.5 Å². The van der Waals surface area contributed by atoms with Crippen molar-refractivity contribution in [2.45, 2.75) is 57.0 Å². The van der Waals surface area contributed by atoms with Crippen molar-refractivity contribution in [3.63, 3.8) is 0 Å². The molecule has 2 N–H and O–H groups in total. The molecule has 7 nitrogen and oxygen atoms in total. The Morgan fingerprint density at radius 2 is 2.24 bits per heavy atom. The molecule has 0 radical (unpaired) electrons. The number of hydrogen-bond donors (Lipinski definition) is 2. The van der Waals surface area contributed by atoms with Gasteiger partial charge < -0.3 is 5.11 Å². The number of sulfonamides is 1. The van der Waals surface area contributed by atoms with Crippen LogP contribution in [-0.2, 0) is 21.4 Å². The van der Waals surface area contributed by atoms with E-state index in [4.69, 9.17) is 5.11 Å². The van der Waals surface area contributed by atoms with Crippen LogP contribution >= 0.6 is 0 Å². The molecule has 1 atom stereocenters. The van der Waals surface area contributed by atoms with Gasteiger partial charge in [-0.25, -0.2) is 13.1 Å². The molecule has 1 aromatic rings. The van der Waals surface area contributed by atoms with Crippen molar-refractivity contribution in [2.75, 3.05) is 0 Å². The number of nitrogens with zero attached hydrogens (tertiary/aromatic N) is 2. The zero-order valence-corrected chi connectivity index (χ0v) is 13.1. The zero-order chi connectivity index (χ0) is 15.7. The number of aliphatic carboxylic acids is 1. The van der Waals surface area contributed by atoms with Gasteiger partial charge in [-0.1, -0.05) is 26.7 Å². The molecule has 0 spiro atoms. The molecular formula is C13H21N3O4S. The summed E-state index contributed by atoms with van der Waals surface area (Å²) in [7, 11) is -3.67. The second-order valence-corrected chi connectivity index (χ2v) is 7.89. The fourth-order valence-electron chi connectivity index (χ4n) is 2.68. The molecule has 2 rings (SSSR count).